The van der Waals surface area contributed by atoms with Gasteiger partial charge in [-0.2, -0.15) is 11.3 Å². The second-order valence-corrected chi connectivity index (χ2v) is 7.78. The number of amides is 2. The number of para-hydroxylation sites is 1. The molecule has 1 aliphatic heterocycles. The molecule has 6 heteroatoms. The van der Waals surface area contributed by atoms with Crippen LogP contribution in [-0.2, 0) is 4.79 Å². The van der Waals surface area contributed by atoms with Crippen LogP contribution in [0.5, 0.6) is 0 Å². The third-order valence-corrected chi connectivity index (χ3v) is 5.83. The van der Waals surface area contributed by atoms with Crippen LogP contribution in [0.4, 0.5) is 0 Å². The number of hydrogen-bond donors (Lipinski definition) is 1. The molecule has 1 unspecified atom stereocenters. The van der Waals surface area contributed by atoms with Gasteiger partial charge in [0.2, 0.25) is 5.91 Å². The molecule has 1 fully saturated rings. The van der Waals surface area contributed by atoms with Crippen molar-refractivity contribution in [2.45, 2.75) is 25.8 Å². The molecule has 27 heavy (non-hydrogen) atoms. The molecule has 2 amide bonds. The first-order valence-electron chi connectivity index (χ1n) is 9.22. The molecule has 5 nitrogen and oxygen atoms in total. The van der Waals surface area contributed by atoms with E-state index in [9.17, 15) is 9.59 Å². The predicted octanol–water partition coefficient (Wildman–Crippen LogP) is 4.22. The highest BCUT2D eigenvalue weighted by Crippen LogP contribution is 2.25. The summed E-state index contributed by atoms with van der Waals surface area (Å²) in [5.74, 6) is 0.786. The lowest BCUT2D eigenvalue weighted by atomic mass is 9.95. The topological polar surface area (TPSA) is 62.6 Å². The van der Waals surface area contributed by atoms with Crippen molar-refractivity contribution in [2.75, 3.05) is 13.1 Å². The zero-order valence-corrected chi connectivity index (χ0v) is 16.0. The third-order valence-electron chi connectivity index (χ3n) is 5.15. The van der Waals surface area contributed by atoms with Gasteiger partial charge in [-0.1, -0.05) is 18.2 Å². The fourth-order valence-corrected chi connectivity index (χ4v) is 4.16. The molecule has 140 valence electrons. The molecule has 3 heterocycles. The Hall–Kier alpha value is -2.60. The van der Waals surface area contributed by atoms with Gasteiger partial charge in [0.05, 0.1) is 11.6 Å². The Morgan fingerprint density at radius 2 is 2.00 bits per heavy atom. The molecule has 1 aliphatic rings. The Balaban J connectivity index is 1.33. The lowest BCUT2D eigenvalue weighted by Crippen LogP contribution is -2.43. The van der Waals surface area contributed by atoms with Gasteiger partial charge in [0.1, 0.15) is 11.3 Å². The van der Waals surface area contributed by atoms with Crippen LogP contribution in [-0.4, -0.2) is 29.8 Å². The zero-order valence-electron chi connectivity index (χ0n) is 15.2. The summed E-state index contributed by atoms with van der Waals surface area (Å²) < 4.78 is 5.84. The highest BCUT2D eigenvalue weighted by atomic mass is 32.1. The number of benzene rings is 1. The first-order valence-corrected chi connectivity index (χ1v) is 10.2. The summed E-state index contributed by atoms with van der Waals surface area (Å²) in [4.78, 5) is 26.9. The summed E-state index contributed by atoms with van der Waals surface area (Å²) in [6, 6.07) is 11.5. The third kappa shape index (κ3) is 3.76. The average molecular weight is 382 g/mol. The van der Waals surface area contributed by atoms with Gasteiger partial charge < -0.3 is 14.6 Å². The van der Waals surface area contributed by atoms with Crippen molar-refractivity contribution < 1.29 is 14.0 Å². The Kier molecular flexibility index (Phi) is 4.99. The van der Waals surface area contributed by atoms with E-state index in [2.05, 4.69) is 5.32 Å². The maximum Gasteiger partial charge on any atom is 0.254 e. The summed E-state index contributed by atoms with van der Waals surface area (Å²) >= 11 is 1.52. The van der Waals surface area contributed by atoms with E-state index in [1.54, 1.807) is 0 Å². The van der Waals surface area contributed by atoms with E-state index in [4.69, 9.17) is 4.42 Å². The van der Waals surface area contributed by atoms with E-state index in [0.717, 1.165) is 22.3 Å². The Labute approximate surface area is 162 Å². The normalized spacial score (nSPS) is 16.4. The number of carbonyl (C=O) groups is 2. The van der Waals surface area contributed by atoms with Gasteiger partial charge in [-0.05, 0) is 43.3 Å². The maximum absolute atomic E-state index is 12.6. The number of piperidine rings is 1. The number of likely N-dealkylation sites (tertiary alicyclic amines) is 1. The van der Waals surface area contributed by atoms with Crippen LogP contribution < -0.4 is 5.32 Å². The number of nitrogens with zero attached hydrogens (tertiary/aromatic N) is 1. The van der Waals surface area contributed by atoms with E-state index in [1.807, 2.05) is 59.0 Å². The minimum absolute atomic E-state index is 0.0330. The van der Waals surface area contributed by atoms with E-state index in [-0.39, 0.29) is 23.8 Å². The first-order chi connectivity index (χ1) is 13.1. The molecule has 1 atom stereocenters. The number of rotatable bonds is 4. The molecule has 0 spiro atoms. The van der Waals surface area contributed by atoms with Gasteiger partial charge >= 0.3 is 0 Å². The van der Waals surface area contributed by atoms with Crippen LogP contribution in [0.25, 0.3) is 11.0 Å². The minimum atomic E-state index is -0.185. The number of thiophene rings is 1. The second-order valence-electron chi connectivity index (χ2n) is 7.00. The van der Waals surface area contributed by atoms with Gasteiger partial charge in [0.15, 0.2) is 0 Å². The lowest BCUT2D eigenvalue weighted by molar-refractivity contribution is -0.127. The molecule has 0 bridgehead atoms. The SMILES string of the molecule is CC(NC(=O)C1CCN(C(=O)c2ccsc2)CC1)c1cc2ccccc2o1. The van der Waals surface area contributed by atoms with Crippen LogP contribution >= 0.6 is 11.3 Å². The number of nitrogens with one attached hydrogen (secondary N) is 1. The molecule has 1 saturated heterocycles. The molecular formula is C21H22N2O3S. The van der Waals surface area contributed by atoms with Gasteiger partial charge in [0, 0.05) is 29.8 Å². The van der Waals surface area contributed by atoms with Crippen molar-refractivity contribution in [3.63, 3.8) is 0 Å². The predicted molar refractivity (Wildman–Crippen MR) is 106 cm³/mol. The summed E-state index contributed by atoms with van der Waals surface area (Å²) in [5, 5.41) is 7.88. The van der Waals surface area contributed by atoms with Crippen molar-refractivity contribution in [3.05, 3.63) is 58.5 Å². The van der Waals surface area contributed by atoms with E-state index in [0.29, 0.717) is 25.9 Å². The molecule has 3 aromatic rings. The van der Waals surface area contributed by atoms with Crippen LogP contribution in [0.1, 0.15) is 41.9 Å². The number of carbonyl (C=O) groups excluding carboxylic acids is 2. The molecule has 1 N–H and O–H groups in total. The summed E-state index contributed by atoms with van der Waals surface area (Å²) in [6.07, 6.45) is 1.38. The number of hydrogen-bond acceptors (Lipinski definition) is 4. The maximum atomic E-state index is 12.6. The summed E-state index contributed by atoms with van der Waals surface area (Å²) in [5.41, 5.74) is 1.57. The Bertz CT molecular complexity index is 906. The lowest BCUT2D eigenvalue weighted by Gasteiger charge is -2.31. The van der Waals surface area contributed by atoms with Gasteiger partial charge in [-0.3, -0.25) is 9.59 Å². The fourth-order valence-electron chi connectivity index (χ4n) is 3.53. The van der Waals surface area contributed by atoms with Crippen molar-refractivity contribution in [3.8, 4) is 0 Å². The molecular weight excluding hydrogens is 360 g/mol. The molecule has 0 saturated carbocycles. The smallest absolute Gasteiger partial charge is 0.254 e. The standard InChI is InChI=1S/C21H22N2O3S/c1-14(19-12-16-4-2-3-5-18(16)26-19)22-20(24)15-6-9-23(10-7-15)21(25)17-8-11-27-13-17/h2-5,8,11-15H,6-7,9-10H2,1H3,(H,22,24). The van der Waals surface area contributed by atoms with E-state index in [1.165, 1.54) is 11.3 Å². The summed E-state index contributed by atoms with van der Waals surface area (Å²) in [6.45, 7) is 3.17. The van der Waals surface area contributed by atoms with Gasteiger partial charge in [-0.25, -0.2) is 0 Å². The Morgan fingerprint density at radius 1 is 1.22 bits per heavy atom. The number of furan rings is 1. The molecule has 4 rings (SSSR count). The second kappa shape index (κ2) is 7.56. The van der Waals surface area contributed by atoms with Crippen molar-refractivity contribution in [2.24, 2.45) is 5.92 Å². The minimum Gasteiger partial charge on any atom is -0.459 e. The fraction of sp³-hybridized carbons (Fsp3) is 0.333. The van der Waals surface area contributed by atoms with Crippen molar-refractivity contribution >= 4 is 34.1 Å². The molecule has 0 aliphatic carbocycles. The molecule has 1 aromatic carbocycles. The quantitative estimate of drug-likeness (QED) is 0.735. The monoisotopic (exact) mass is 382 g/mol. The molecule has 0 radical (unpaired) electrons. The summed E-state index contributed by atoms with van der Waals surface area (Å²) in [7, 11) is 0. The van der Waals surface area contributed by atoms with Crippen LogP contribution in [0.15, 0.2) is 51.6 Å². The zero-order chi connectivity index (χ0) is 18.8. The highest BCUT2D eigenvalue weighted by molar-refractivity contribution is 7.08. The van der Waals surface area contributed by atoms with E-state index < -0.39 is 0 Å². The molecule has 2 aromatic heterocycles. The first kappa shape index (κ1) is 17.8. The van der Waals surface area contributed by atoms with Crippen molar-refractivity contribution in [1.29, 1.82) is 0 Å². The number of fused-ring (bicyclic) bond motifs is 1. The van der Waals surface area contributed by atoms with Crippen LogP contribution in [0.3, 0.4) is 0 Å². The largest absolute Gasteiger partial charge is 0.459 e. The Morgan fingerprint density at radius 3 is 2.70 bits per heavy atom. The van der Waals surface area contributed by atoms with Gasteiger partial charge in [-0.15, -0.1) is 0 Å². The van der Waals surface area contributed by atoms with Crippen molar-refractivity contribution in [1.82, 2.24) is 10.2 Å². The van der Waals surface area contributed by atoms with Gasteiger partial charge in [0.25, 0.3) is 5.91 Å². The van der Waals surface area contributed by atoms with Crippen LogP contribution in [0.2, 0.25) is 0 Å². The highest BCUT2D eigenvalue weighted by Gasteiger charge is 2.29. The average Bonchev–Trinajstić information content (AvgIpc) is 3.37. The van der Waals surface area contributed by atoms with E-state index >= 15 is 0 Å². The van der Waals surface area contributed by atoms with Crippen LogP contribution in [0, 0.1) is 5.92 Å².